The van der Waals surface area contributed by atoms with E-state index in [2.05, 4.69) is 34.6 Å². The van der Waals surface area contributed by atoms with E-state index in [0.717, 1.165) is 33.6 Å². The fourth-order valence-electron chi connectivity index (χ4n) is 4.36. The Kier molecular flexibility index (Phi) is 5.85. The highest BCUT2D eigenvalue weighted by Crippen LogP contribution is 2.44. The van der Waals surface area contributed by atoms with Gasteiger partial charge in [-0.2, -0.15) is 0 Å². The SMILES string of the molecule is O=C(Nc1ncc(C(=O)N2CC=C(C(=O)O)CC2)s1)OCC1c2ccccc2-c2ccccc21. The molecule has 0 bridgehead atoms. The maximum atomic E-state index is 12.7. The molecular weight excluding hydrogens is 454 g/mol. The number of carbonyl (C=O) groups is 3. The molecule has 3 aromatic rings. The van der Waals surface area contributed by atoms with Crippen molar-refractivity contribution in [1.82, 2.24) is 9.88 Å². The number of aliphatic carboxylic acids is 1. The van der Waals surface area contributed by atoms with Crippen molar-refractivity contribution in [2.24, 2.45) is 0 Å². The first kappa shape index (κ1) is 21.8. The van der Waals surface area contributed by atoms with Crippen LogP contribution >= 0.6 is 11.3 Å². The van der Waals surface area contributed by atoms with Gasteiger partial charge in [-0.1, -0.05) is 65.9 Å². The Labute approximate surface area is 199 Å². The first-order valence-electron chi connectivity index (χ1n) is 10.8. The van der Waals surface area contributed by atoms with Gasteiger partial charge >= 0.3 is 12.1 Å². The Balaban J connectivity index is 1.20. The van der Waals surface area contributed by atoms with E-state index in [1.54, 1.807) is 11.0 Å². The van der Waals surface area contributed by atoms with Crippen LogP contribution in [0.3, 0.4) is 0 Å². The lowest BCUT2D eigenvalue weighted by molar-refractivity contribution is -0.133. The molecule has 2 heterocycles. The largest absolute Gasteiger partial charge is 0.478 e. The second-order valence-corrected chi connectivity index (χ2v) is 9.05. The predicted octanol–water partition coefficient (Wildman–Crippen LogP) is 4.36. The predicted molar refractivity (Wildman–Crippen MR) is 127 cm³/mol. The van der Waals surface area contributed by atoms with Gasteiger partial charge in [0.05, 0.1) is 6.20 Å². The smallest absolute Gasteiger partial charge is 0.413 e. The molecule has 2 amide bonds. The van der Waals surface area contributed by atoms with E-state index in [9.17, 15) is 14.4 Å². The first-order chi connectivity index (χ1) is 16.5. The maximum absolute atomic E-state index is 12.7. The van der Waals surface area contributed by atoms with Crippen LogP contribution in [0.4, 0.5) is 9.93 Å². The minimum absolute atomic E-state index is 0.0468. The van der Waals surface area contributed by atoms with Gasteiger partial charge in [0.25, 0.3) is 5.91 Å². The van der Waals surface area contributed by atoms with E-state index >= 15 is 0 Å². The fraction of sp³-hybridized carbons (Fsp3) is 0.200. The second-order valence-electron chi connectivity index (χ2n) is 8.02. The number of nitrogens with zero attached hydrogens (tertiary/aromatic N) is 2. The van der Waals surface area contributed by atoms with Crippen molar-refractivity contribution in [3.8, 4) is 11.1 Å². The molecule has 1 aliphatic carbocycles. The number of amides is 2. The Morgan fingerprint density at radius 3 is 2.38 bits per heavy atom. The van der Waals surface area contributed by atoms with Crippen molar-refractivity contribution in [2.45, 2.75) is 12.3 Å². The lowest BCUT2D eigenvalue weighted by atomic mass is 9.98. The summed E-state index contributed by atoms with van der Waals surface area (Å²) in [5.74, 6) is -1.26. The van der Waals surface area contributed by atoms with Crippen LogP contribution in [0.5, 0.6) is 0 Å². The number of nitrogens with one attached hydrogen (secondary N) is 1. The van der Waals surface area contributed by atoms with Gasteiger partial charge in [0.1, 0.15) is 11.5 Å². The summed E-state index contributed by atoms with van der Waals surface area (Å²) in [6.45, 7) is 0.737. The molecule has 34 heavy (non-hydrogen) atoms. The number of thiazole rings is 1. The molecule has 0 saturated carbocycles. The standard InChI is InChI=1S/C25H21N3O5S/c29-22(28-11-9-15(10-12-28)23(30)31)21-13-26-24(34-21)27-25(32)33-14-20-18-7-3-1-5-16(18)17-6-2-4-8-19(17)20/h1-9,13,20H,10-12,14H2,(H,30,31)(H,26,27,32). The number of aromatic nitrogens is 1. The molecule has 0 radical (unpaired) electrons. The molecule has 1 aromatic heterocycles. The van der Waals surface area contributed by atoms with E-state index in [1.165, 1.54) is 6.20 Å². The summed E-state index contributed by atoms with van der Waals surface area (Å²) in [4.78, 5) is 42.2. The van der Waals surface area contributed by atoms with Gasteiger partial charge in [-0.05, 0) is 28.7 Å². The number of benzene rings is 2. The molecule has 2 N–H and O–H groups in total. The number of hydrogen-bond acceptors (Lipinski definition) is 6. The number of hydrogen-bond donors (Lipinski definition) is 2. The van der Waals surface area contributed by atoms with Gasteiger partial charge in [0.2, 0.25) is 0 Å². The summed E-state index contributed by atoms with van der Waals surface area (Å²) in [7, 11) is 0. The van der Waals surface area contributed by atoms with E-state index in [-0.39, 0.29) is 30.1 Å². The summed E-state index contributed by atoms with van der Waals surface area (Å²) in [6.07, 6.45) is 2.61. The van der Waals surface area contributed by atoms with Crippen molar-refractivity contribution >= 4 is 34.4 Å². The third-order valence-corrected chi connectivity index (χ3v) is 6.94. The summed E-state index contributed by atoms with van der Waals surface area (Å²) in [5, 5.41) is 11.9. The third kappa shape index (κ3) is 4.17. The molecule has 2 aromatic carbocycles. The van der Waals surface area contributed by atoms with Crippen molar-refractivity contribution in [2.75, 3.05) is 25.0 Å². The van der Waals surface area contributed by atoms with E-state index in [4.69, 9.17) is 9.84 Å². The molecule has 0 spiro atoms. The Bertz CT molecular complexity index is 1270. The average Bonchev–Trinajstić information content (AvgIpc) is 3.45. The highest BCUT2D eigenvalue weighted by molar-refractivity contribution is 7.17. The Morgan fingerprint density at radius 1 is 1.09 bits per heavy atom. The van der Waals surface area contributed by atoms with Crippen LogP contribution in [0.15, 0.2) is 66.4 Å². The summed E-state index contributed by atoms with van der Waals surface area (Å²) in [6, 6.07) is 16.2. The zero-order chi connectivity index (χ0) is 23.7. The topological polar surface area (TPSA) is 109 Å². The minimum Gasteiger partial charge on any atom is -0.478 e. The number of fused-ring (bicyclic) bond motifs is 3. The van der Waals surface area contributed by atoms with Crippen LogP contribution in [0.1, 0.15) is 33.1 Å². The molecule has 0 atom stereocenters. The Hall–Kier alpha value is -3.98. The molecule has 9 heteroatoms. The minimum atomic E-state index is -0.959. The van der Waals surface area contributed by atoms with Gasteiger partial charge < -0.3 is 14.7 Å². The van der Waals surface area contributed by atoms with Crippen LogP contribution in [0.2, 0.25) is 0 Å². The molecule has 5 rings (SSSR count). The van der Waals surface area contributed by atoms with Crippen molar-refractivity contribution in [1.29, 1.82) is 0 Å². The maximum Gasteiger partial charge on any atom is 0.413 e. The molecule has 172 valence electrons. The van der Waals surface area contributed by atoms with Crippen molar-refractivity contribution in [3.05, 3.63) is 82.4 Å². The van der Waals surface area contributed by atoms with Gasteiger partial charge in [-0.25, -0.2) is 14.6 Å². The van der Waals surface area contributed by atoms with Gasteiger partial charge in [0, 0.05) is 24.6 Å². The molecule has 1 aliphatic heterocycles. The van der Waals surface area contributed by atoms with Crippen LogP contribution in [-0.4, -0.2) is 52.7 Å². The highest BCUT2D eigenvalue weighted by atomic mass is 32.1. The van der Waals surface area contributed by atoms with Gasteiger partial charge in [0.15, 0.2) is 5.13 Å². The molecule has 8 nitrogen and oxygen atoms in total. The lowest BCUT2D eigenvalue weighted by Crippen LogP contribution is -2.35. The number of carbonyl (C=O) groups excluding carboxylic acids is 2. The number of anilines is 1. The third-order valence-electron chi connectivity index (χ3n) is 6.04. The molecule has 0 unspecified atom stereocenters. The van der Waals surface area contributed by atoms with Crippen molar-refractivity contribution < 1.29 is 24.2 Å². The zero-order valence-electron chi connectivity index (χ0n) is 18.1. The van der Waals surface area contributed by atoms with Gasteiger partial charge in [-0.3, -0.25) is 10.1 Å². The van der Waals surface area contributed by atoms with Crippen molar-refractivity contribution in [3.63, 3.8) is 0 Å². The zero-order valence-corrected chi connectivity index (χ0v) is 18.9. The summed E-state index contributed by atoms with van der Waals surface area (Å²) < 4.78 is 5.52. The van der Waals surface area contributed by atoms with E-state index in [0.29, 0.717) is 23.4 Å². The highest BCUT2D eigenvalue weighted by Gasteiger charge is 2.29. The number of rotatable bonds is 5. The van der Waals surface area contributed by atoms with E-state index < -0.39 is 12.1 Å². The molecular formula is C25H21N3O5S. The number of carboxylic acid groups (broad SMARTS) is 1. The van der Waals surface area contributed by atoms with E-state index in [1.807, 2.05) is 24.3 Å². The molecule has 0 fully saturated rings. The molecule has 0 saturated heterocycles. The second kappa shape index (κ2) is 9.11. The van der Waals surface area contributed by atoms with Crippen LogP contribution in [-0.2, 0) is 9.53 Å². The summed E-state index contributed by atoms with van der Waals surface area (Å²) in [5.41, 5.74) is 4.86. The summed E-state index contributed by atoms with van der Waals surface area (Å²) >= 11 is 1.05. The monoisotopic (exact) mass is 475 g/mol. The normalized spacial score (nSPS) is 14.7. The fourth-order valence-corrected chi connectivity index (χ4v) is 5.13. The number of ether oxygens (including phenoxy) is 1. The number of carboxylic acids is 1. The van der Waals surface area contributed by atoms with Crippen LogP contribution < -0.4 is 5.32 Å². The van der Waals surface area contributed by atoms with Gasteiger partial charge in [-0.15, -0.1) is 0 Å². The Morgan fingerprint density at radius 2 is 1.76 bits per heavy atom. The quantitative estimate of drug-likeness (QED) is 0.568. The first-order valence-corrected chi connectivity index (χ1v) is 11.6. The lowest BCUT2D eigenvalue weighted by Gasteiger charge is -2.24. The van der Waals surface area contributed by atoms with Crippen LogP contribution in [0.25, 0.3) is 11.1 Å². The van der Waals surface area contributed by atoms with Crippen LogP contribution in [0, 0.1) is 0 Å². The average molecular weight is 476 g/mol. The molecule has 2 aliphatic rings.